The van der Waals surface area contributed by atoms with Gasteiger partial charge in [-0.2, -0.15) is 44.3 Å². The predicted octanol–water partition coefficient (Wildman–Crippen LogP) is 5.87. The lowest BCUT2D eigenvalue weighted by molar-refractivity contribution is 0.687. The van der Waals surface area contributed by atoms with Crippen LogP contribution >= 0.6 is 203 Å². The first-order valence-electron chi connectivity index (χ1n) is 7.15. The van der Waals surface area contributed by atoms with Crippen LogP contribution in [0.2, 0.25) is 0 Å². The van der Waals surface area contributed by atoms with E-state index in [1.165, 1.54) is 0 Å². The lowest BCUT2D eigenvalue weighted by Gasteiger charge is -2.09. The van der Waals surface area contributed by atoms with Crippen molar-refractivity contribution in [2.24, 2.45) is 0 Å². The van der Waals surface area contributed by atoms with E-state index >= 15 is 0 Å². The SMILES string of the molecule is Ic1nn(-c2nc(-n3nc(I)c(I)c3I)nc(-n3nc(I)c(I)c3I)n2)c(I)c1I. The van der Waals surface area contributed by atoms with Gasteiger partial charge >= 0.3 is 0 Å². The van der Waals surface area contributed by atoms with Crippen LogP contribution in [0.1, 0.15) is 0 Å². The van der Waals surface area contributed by atoms with Crippen LogP contribution in [-0.4, -0.2) is 44.3 Å². The van der Waals surface area contributed by atoms with Crippen molar-refractivity contribution in [1.29, 1.82) is 0 Å². The van der Waals surface area contributed by atoms with E-state index in [9.17, 15) is 0 Å². The highest BCUT2D eigenvalue weighted by Gasteiger charge is 2.23. The minimum atomic E-state index is 0.410. The maximum Gasteiger partial charge on any atom is 0.258 e. The molecule has 0 bridgehead atoms. The van der Waals surface area contributed by atoms with Gasteiger partial charge in [0.25, 0.3) is 17.8 Å². The molecule has 0 aliphatic carbocycles. The Morgan fingerprint density at radius 3 is 0.800 bits per heavy atom. The smallest absolute Gasteiger partial charge is 0.190 e. The second-order valence-corrected chi connectivity index (χ2v) is 14.5. The lowest BCUT2D eigenvalue weighted by Crippen LogP contribution is -2.17. The van der Waals surface area contributed by atoms with Gasteiger partial charge in [-0.15, -0.1) is 0 Å². The lowest BCUT2D eigenvalue weighted by atomic mass is 10.7. The van der Waals surface area contributed by atoms with Crippen molar-refractivity contribution >= 4 is 203 Å². The first kappa shape index (κ1) is 26.3. The fourth-order valence-corrected chi connectivity index (χ4v) is 7.79. The average Bonchev–Trinajstić information content (AvgIpc) is 3.25. The molecule has 0 spiro atoms. The van der Waals surface area contributed by atoms with Gasteiger partial charge in [-0.25, -0.2) is 0 Å². The van der Waals surface area contributed by atoms with Crippen molar-refractivity contribution in [3.63, 3.8) is 0 Å². The van der Waals surface area contributed by atoms with Crippen LogP contribution in [0.4, 0.5) is 0 Å². The minimum absolute atomic E-state index is 0.410. The highest BCUT2D eigenvalue weighted by atomic mass is 127. The number of halogens is 9. The fraction of sp³-hybridized carbons (Fsp3) is 0. The molecule has 0 fully saturated rings. The van der Waals surface area contributed by atoms with Crippen molar-refractivity contribution in [3.8, 4) is 17.8 Å². The van der Waals surface area contributed by atoms with Crippen LogP contribution in [0.15, 0.2) is 0 Å². The molecule has 4 aromatic rings. The molecule has 0 atom stereocenters. The topological polar surface area (TPSA) is 92.1 Å². The quantitative estimate of drug-likeness (QED) is 0.239. The zero-order chi connectivity index (χ0) is 21.9. The molecule has 0 amide bonds. The Labute approximate surface area is 291 Å². The van der Waals surface area contributed by atoms with E-state index in [0.717, 1.165) is 32.9 Å². The number of aromatic nitrogens is 9. The molecule has 18 heteroatoms. The Hall–Kier alpha value is 3.21. The number of hydrogen-bond acceptors (Lipinski definition) is 6. The van der Waals surface area contributed by atoms with Gasteiger partial charge in [0.1, 0.15) is 22.2 Å². The van der Waals surface area contributed by atoms with Crippen molar-refractivity contribution in [3.05, 3.63) is 32.9 Å². The summed E-state index contributed by atoms with van der Waals surface area (Å²) >= 11 is 20.2. The summed E-state index contributed by atoms with van der Waals surface area (Å²) in [5.74, 6) is 1.23. The van der Waals surface area contributed by atoms with Gasteiger partial charge in [0.15, 0.2) is 0 Å². The standard InChI is InChI=1S/C12I9N9/c13-1-4(16)25-28(7(1)19)10-22-11(29-8(20)2(14)5(17)26-29)24-12(23-10)30-9(21)3(15)6(18)27-30. The molecule has 0 saturated carbocycles. The molecule has 0 aliphatic heterocycles. The molecule has 0 unspecified atom stereocenters. The Bertz CT molecular complexity index is 1140. The molecule has 0 aromatic carbocycles. The highest BCUT2D eigenvalue weighted by molar-refractivity contribution is 14.1. The summed E-state index contributed by atoms with van der Waals surface area (Å²) in [6.07, 6.45) is 0. The first-order valence-corrected chi connectivity index (χ1v) is 16.9. The molecule has 0 N–H and O–H groups in total. The average molecular weight is 1410 g/mol. The third-order valence-corrected chi connectivity index (χ3v) is 17.9. The number of rotatable bonds is 3. The van der Waals surface area contributed by atoms with E-state index in [1.54, 1.807) is 14.0 Å². The van der Waals surface area contributed by atoms with Gasteiger partial charge in [0.05, 0.1) is 10.7 Å². The Morgan fingerprint density at radius 1 is 0.400 bits per heavy atom. The van der Waals surface area contributed by atoms with Crippen LogP contribution in [0.25, 0.3) is 17.8 Å². The summed E-state index contributed by atoms with van der Waals surface area (Å²) in [6, 6.07) is 0. The summed E-state index contributed by atoms with van der Waals surface area (Å²) in [7, 11) is 0. The molecule has 4 heterocycles. The summed E-state index contributed by atoms with van der Waals surface area (Å²) < 4.78 is 13.8. The van der Waals surface area contributed by atoms with Gasteiger partial charge < -0.3 is 0 Å². The molecular formula is C12I9N9. The van der Waals surface area contributed by atoms with Gasteiger partial charge in [-0.05, 0) is 203 Å². The summed E-state index contributed by atoms with van der Waals surface area (Å²) in [5.41, 5.74) is 0. The molecule has 156 valence electrons. The van der Waals surface area contributed by atoms with Crippen LogP contribution < -0.4 is 0 Å². The molecule has 30 heavy (non-hydrogen) atoms. The number of nitrogens with zero attached hydrogens (tertiary/aromatic N) is 9. The zero-order valence-corrected chi connectivity index (χ0v) is 32.8. The third-order valence-electron chi connectivity index (χ3n) is 3.38. The van der Waals surface area contributed by atoms with Crippen LogP contribution in [0, 0.1) is 32.9 Å². The van der Waals surface area contributed by atoms with Gasteiger partial charge in [-0.1, -0.05) is 0 Å². The van der Waals surface area contributed by atoms with E-state index in [1.807, 2.05) is 0 Å². The maximum atomic E-state index is 4.70. The molecule has 9 nitrogen and oxygen atoms in total. The zero-order valence-electron chi connectivity index (χ0n) is 13.4. The second-order valence-electron chi connectivity index (χ2n) is 5.16. The Morgan fingerprint density at radius 2 is 0.633 bits per heavy atom. The highest BCUT2D eigenvalue weighted by Crippen LogP contribution is 2.27. The largest absolute Gasteiger partial charge is 0.258 e. The van der Waals surface area contributed by atoms with Crippen molar-refractivity contribution < 1.29 is 0 Å². The molecule has 0 radical (unpaired) electrons. The summed E-state index contributed by atoms with van der Waals surface area (Å²) in [4.78, 5) is 14.1. The van der Waals surface area contributed by atoms with Crippen molar-refractivity contribution in [2.45, 2.75) is 0 Å². The van der Waals surface area contributed by atoms with Gasteiger partial charge in [0, 0.05) is 0 Å². The first-order chi connectivity index (χ1) is 14.1. The van der Waals surface area contributed by atoms with Crippen molar-refractivity contribution in [1.82, 2.24) is 44.3 Å². The second kappa shape index (κ2) is 10.7. The normalized spacial score (nSPS) is 11.5. The van der Waals surface area contributed by atoms with Crippen molar-refractivity contribution in [2.75, 3.05) is 0 Å². The van der Waals surface area contributed by atoms with E-state index < -0.39 is 0 Å². The molecular weight excluding hydrogens is 1410 g/mol. The van der Waals surface area contributed by atoms with E-state index in [0.29, 0.717) is 17.8 Å². The van der Waals surface area contributed by atoms with E-state index in [4.69, 9.17) is 15.0 Å². The van der Waals surface area contributed by atoms with Crippen LogP contribution in [0.3, 0.4) is 0 Å². The summed E-state index contributed by atoms with van der Waals surface area (Å²) in [6.45, 7) is 0. The van der Waals surface area contributed by atoms with Crippen LogP contribution in [-0.2, 0) is 0 Å². The maximum absolute atomic E-state index is 4.70. The molecule has 0 aliphatic rings. The fourth-order valence-electron chi connectivity index (χ4n) is 2.09. The van der Waals surface area contributed by atoms with Gasteiger partial charge in [0.2, 0.25) is 0 Å². The van der Waals surface area contributed by atoms with Crippen LogP contribution in [0.5, 0.6) is 0 Å². The molecule has 4 aromatic heterocycles. The van der Waals surface area contributed by atoms with E-state index in [-0.39, 0.29) is 0 Å². The minimum Gasteiger partial charge on any atom is -0.190 e. The monoisotopic (exact) mass is 1410 g/mol. The molecule has 4 rings (SSSR count). The third kappa shape index (κ3) is 5.04. The van der Waals surface area contributed by atoms with E-state index in [2.05, 4.69) is 219 Å². The Balaban J connectivity index is 2.02. The van der Waals surface area contributed by atoms with Gasteiger partial charge in [-0.3, -0.25) is 0 Å². The molecule has 0 saturated heterocycles. The summed E-state index contributed by atoms with van der Waals surface area (Å²) in [5, 5.41) is 13.8. The Kier molecular flexibility index (Phi) is 9.35. The predicted molar refractivity (Wildman–Crippen MR) is 186 cm³/mol. The number of hydrogen-bond donors (Lipinski definition) is 0.